The van der Waals surface area contributed by atoms with E-state index in [-0.39, 0.29) is 23.0 Å². The van der Waals surface area contributed by atoms with Crippen LogP contribution in [0.3, 0.4) is 0 Å². The van der Waals surface area contributed by atoms with Gasteiger partial charge in [0.05, 0.1) is 16.6 Å². The Bertz CT molecular complexity index is 909. The molecule has 1 unspecified atom stereocenters. The summed E-state index contributed by atoms with van der Waals surface area (Å²) in [6.45, 7) is 4.74. The summed E-state index contributed by atoms with van der Waals surface area (Å²) < 4.78 is 0. The lowest BCUT2D eigenvalue weighted by Crippen LogP contribution is -2.42. The van der Waals surface area contributed by atoms with Gasteiger partial charge in [0.1, 0.15) is 0 Å². The number of aryl methyl sites for hydroxylation is 1. The molecule has 2 aromatic rings. The average Bonchev–Trinajstić information content (AvgIpc) is 3.01. The molecule has 1 aromatic heterocycles. The van der Waals surface area contributed by atoms with Crippen LogP contribution in [0, 0.1) is 6.92 Å². The molecule has 154 valence electrons. The number of nitrogens with zero attached hydrogens (tertiary/aromatic N) is 1. The van der Waals surface area contributed by atoms with Crippen LogP contribution in [0.15, 0.2) is 30.3 Å². The predicted molar refractivity (Wildman–Crippen MR) is 120 cm³/mol. The maximum atomic E-state index is 11.1. The third-order valence-electron chi connectivity index (χ3n) is 3.52. The third-order valence-corrected chi connectivity index (χ3v) is 4.78. The van der Waals surface area contributed by atoms with Crippen molar-refractivity contribution in [2.24, 2.45) is 5.73 Å². The molecule has 1 heterocycles. The van der Waals surface area contributed by atoms with Crippen molar-refractivity contribution < 1.29 is 9.59 Å². The van der Waals surface area contributed by atoms with Crippen LogP contribution in [-0.4, -0.2) is 21.9 Å². The van der Waals surface area contributed by atoms with Gasteiger partial charge in [-0.05, 0) is 36.8 Å². The largest absolute Gasteiger partial charge is 0.375 e. The van der Waals surface area contributed by atoms with Gasteiger partial charge in [-0.1, -0.05) is 35.6 Å². The molecule has 1 atom stereocenters. The Hall–Kier alpha value is -3.02. The van der Waals surface area contributed by atoms with Crippen LogP contribution in [0.4, 0.5) is 10.8 Å². The molecule has 2 rings (SSSR count). The van der Waals surface area contributed by atoms with Crippen LogP contribution >= 0.6 is 23.6 Å². The van der Waals surface area contributed by atoms with Gasteiger partial charge in [0.2, 0.25) is 16.9 Å². The predicted octanol–water partition coefficient (Wildman–Crippen LogP) is 1.97. The zero-order valence-corrected chi connectivity index (χ0v) is 17.8. The highest BCUT2D eigenvalue weighted by Gasteiger charge is 2.16. The van der Waals surface area contributed by atoms with Crippen LogP contribution in [0.1, 0.15) is 36.0 Å². The molecule has 11 heteroatoms. The molecule has 29 heavy (non-hydrogen) atoms. The molecule has 9 nitrogen and oxygen atoms in total. The number of carbonyl (C=O) groups is 2. The second-order valence-corrected chi connectivity index (χ2v) is 7.52. The zero-order valence-electron chi connectivity index (χ0n) is 16.2. The van der Waals surface area contributed by atoms with Gasteiger partial charge in [-0.15, -0.1) is 0 Å². The van der Waals surface area contributed by atoms with E-state index >= 15 is 0 Å². The number of thiazole rings is 1. The Morgan fingerprint density at radius 3 is 2.45 bits per heavy atom. The van der Waals surface area contributed by atoms with E-state index in [1.807, 2.05) is 43.3 Å². The molecule has 0 radical (unpaired) electrons. The first kappa shape index (κ1) is 22.3. The number of thiocarbonyl (C=S) groups is 1. The SMILES string of the molecule is CC(=O)NNc1nc(C)c(C(C=Cc2ccc(NC(C)=O)cc2)NNC(N)=S)s1. The summed E-state index contributed by atoms with van der Waals surface area (Å²) in [5, 5.41) is 3.40. The Labute approximate surface area is 178 Å². The van der Waals surface area contributed by atoms with Crippen molar-refractivity contribution >= 4 is 57.4 Å². The quantitative estimate of drug-likeness (QED) is 0.275. The van der Waals surface area contributed by atoms with Gasteiger partial charge >= 0.3 is 0 Å². The number of aromatic nitrogens is 1. The summed E-state index contributed by atoms with van der Waals surface area (Å²) in [6, 6.07) is 7.15. The second kappa shape index (κ2) is 10.5. The lowest BCUT2D eigenvalue weighted by atomic mass is 10.1. The number of amides is 2. The molecule has 1 aromatic carbocycles. The average molecular weight is 434 g/mol. The number of hydrogen-bond donors (Lipinski definition) is 6. The van der Waals surface area contributed by atoms with Gasteiger partial charge in [0.25, 0.3) is 0 Å². The van der Waals surface area contributed by atoms with Crippen LogP contribution in [0.5, 0.6) is 0 Å². The Kier molecular flexibility index (Phi) is 8.07. The molecular weight excluding hydrogens is 410 g/mol. The fraction of sp³-hybridized carbons (Fsp3) is 0.222. The lowest BCUT2D eigenvalue weighted by molar-refractivity contribution is -0.118. The number of benzene rings is 1. The summed E-state index contributed by atoms with van der Waals surface area (Å²) in [4.78, 5) is 27.5. The molecule has 0 spiro atoms. The maximum absolute atomic E-state index is 11.1. The monoisotopic (exact) mass is 433 g/mol. The Morgan fingerprint density at radius 1 is 1.17 bits per heavy atom. The second-order valence-electron chi connectivity index (χ2n) is 6.05. The van der Waals surface area contributed by atoms with Crippen molar-refractivity contribution in [3.8, 4) is 0 Å². The number of nitrogens with two attached hydrogens (primary N) is 1. The van der Waals surface area contributed by atoms with E-state index in [2.05, 4.69) is 32.0 Å². The van der Waals surface area contributed by atoms with Gasteiger partial charge in [0.15, 0.2) is 5.11 Å². The smallest absolute Gasteiger partial charge is 0.235 e. The van der Waals surface area contributed by atoms with Crippen molar-refractivity contribution in [3.63, 3.8) is 0 Å². The van der Waals surface area contributed by atoms with Crippen LogP contribution in [0.25, 0.3) is 6.08 Å². The molecule has 0 bridgehead atoms. The lowest BCUT2D eigenvalue weighted by Gasteiger charge is -2.15. The van der Waals surface area contributed by atoms with E-state index in [1.165, 1.54) is 25.2 Å². The molecule has 7 N–H and O–H groups in total. The normalized spacial score (nSPS) is 11.7. The maximum Gasteiger partial charge on any atom is 0.235 e. The van der Waals surface area contributed by atoms with E-state index in [0.29, 0.717) is 5.13 Å². The summed E-state index contributed by atoms with van der Waals surface area (Å²) in [7, 11) is 0. The molecule has 0 aliphatic heterocycles. The fourth-order valence-corrected chi connectivity index (χ4v) is 3.34. The summed E-state index contributed by atoms with van der Waals surface area (Å²) in [6.07, 6.45) is 3.86. The molecule has 2 amide bonds. The molecule has 0 aliphatic rings. The highest BCUT2D eigenvalue weighted by atomic mass is 32.1. The van der Waals surface area contributed by atoms with Gasteiger partial charge in [-0.25, -0.2) is 10.4 Å². The minimum atomic E-state index is -0.281. The first-order chi connectivity index (χ1) is 13.7. The molecule has 0 saturated heterocycles. The van der Waals surface area contributed by atoms with E-state index in [0.717, 1.165) is 21.8 Å². The number of rotatable bonds is 8. The standard InChI is InChI=1S/C18H23N7O2S2/c1-10-16(29-18(20-10)25-22-12(3)27)15(23-24-17(19)28)9-6-13-4-7-14(8-5-13)21-11(2)26/h4-9,15,23H,1-3H3,(H,20,25)(H,21,26)(H,22,27)(H3,19,24,28). The van der Waals surface area contributed by atoms with E-state index < -0.39 is 0 Å². The minimum Gasteiger partial charge on any atom is -0.375 e. The minimum absolute atomic E-state index is 0.113. The first-order valence-corrected chi connectivity index (χ1v) is 9.84. The van der Waals surface area contributed by atoms with Crippen LogP contribution < -0.4 is 32.8 Å². The van der Waals surface area contributed by atoms with E-state index in [4.69, 9.17) is 18.0 Å². The van der Waals surface area contributed by atoms with E-state index in [1.54, 1.807) is 0 Å². The van der Waals surface area contributed by atoms with Gasteiger partial charge in [0, 0.05) is 19.5 Å². The van der Waals surface area contributed by atoms with Crippen molar-refractivity contribution in [3.05, 3.63) is 46.5 Å². The Morgan fingerprint density at radius 2 is 1.86 bits per heavy atom. The number of carbonyl (C=O) groups excluding carboxylic acids is 2. The molecule has 0 fully saturated rings. The number of hydrogen-bond acceptors (Lipinski definition) is 7. The highest BCUT2D eigenvalue weighted by Crippen LogP contribution is 2.29. The van der Waals surface area contributed by atoms with Crippen LogP contribution in [-0.2, 0) is 9.59 Å². The van der Waals surface area contributed by atoms with E-state index in [9.17, 15) is 9.59 Å². The fourth-order valence-electron chi connectivity index (χ4n) is 2.33. The van der Waals surface area contributed by atoms with Crippen molar-refractivity contribution in [2.75, 3.05) is 10.7 Å². The zero-order chi connectivity index (χ0) is 21.4. The van der Waals surface area contributed by atoms with Gasteiger partial charge < -0.3 is 11.1 Å². The summed E-state index contributed by atoms with van der Waals surface area (Å²) >= 11 is 6.26. The van der Waals surface area contributed by atoms with Crippen molar-refractivity contribution in [1.29, 1.82) is 0 Å². The summed E-state index contributed by atoms with van der Waals surface area (Å²) in [5.74, 6) is -0.336. The number of anilines is 2. The van der Waals surface area contributed by atoms with Crippen LogP contribution in [0.2, 0.25) is 0 Å². The number of hydrazine groups is 2. The third kappa shape index (κ3) is 7.49. The van der Waals surface area contributed by atoms with Gasteiger partial charge in [-0.3, -0.25) is 25.9 Å². The van der Waals surface area contributed by atoms with Gasteiger partial charge in [-0.2, -0.15) is 0 Å². The first-order valence-electron chi connectivity index (χ1n) is 8.61. The van der Waals surface area contributed by atoms with Crippen molar-refractivity contribution in [2.45, 2.75) is 26.8 Å². The topological polar surface area (TPSA) is 133 Å². The summed E-state index contributed by atoms with van der Waals surface area (Å²) in [5.41, 5.74) is 19.1. The number of nitrogens with one attached hydrogen (secondary N) is 5. The molecular formula is C18H23N7O2S2. The molecule has 0 saturated carbocycles. The molecule has 0 aliphatic carbocycles. The highest BCUT2D eigenvalue weighted by molar-refractivity contribution is 7.80. The Balaban J connectivity index is 2.19. The van der Waals surface area contributed by atoms with Crippen molar-refractivity contribution in [1.82, 2.24) is 21.3 Å².